The van der Waals surface area contributed by atoms with E-state index < -0.39 is 6.10 Å². The van der Waals surface area contributed by atoms with Crippen LogP contribution in [0.2, 0.25) is 0 Å². The van der Waals surface area contributed by atoms with Crippen LogP contribution in [0.25, 0.3) is 0 Å². The number of furan rings is 1. The van der Waals surface area contributed by atoms with Gasteiger partial charge in [0.25, 0.3) is 0 Å². The second-order valence-corrected chi connectivity index (χ2v) is 5.07. The molecule has 5 nitrogen and oxygen atoms in total. The second-order valence-electron chi connectivity index (χ2n) is 5.07. The number of nitrogens with two attached hydrogens (primary N) is 1. The summed E-state index contributed by atoms with van der Waals surface area (Å²) in [5, 5.41) is 9.56. The third-order valence-corrected chi connectivity index (χ3v) is 3.59. The SMILES string of the molecule is CN(Cc1ccoc1)C(=O)[C@H]1CC[C@@H](O)[C@H](N)C1. The lowest BCUT2D eigenvalue weighted by molar-refractivity contribution is -0.136. The summed E-state index contributed by atoms with van der Waals surface area (Å²) >= 11 is 0. The minimum atomic E-state index is -0.465. The predicted octanol–water partition coefficient (Wildman–Crippen LogP) is 0.726. The second kappa shape index (κ2) is 5.54. The molecule has 0 unspecified atom stereocenters. The van der Waals surface area contributed by atoms with Gasteiger partial charge in [-0.1, -0.05) is 0 Å². The van der Waals surface area contributed by atoms with Gasteiger partial charge in [0, 0.05) is 31.1 Å². The van der Waals surface area contributed by atoms with Crippen molar-refractivity contribution < 1.29 is 14.3 Å². The molecule has 5 heteroatoms. The third-order valence-electron chi connectivity index (χ3n) is 3.59. The van der Waals surface area contributed by atoms with E-state index in [4.69, 9.17) is 10.2 Å². The molecule has 3 N–H and O–H groups in total. The van der Waals surface area contributed by atoms with E-state index in [9.17, 15) is 9.90 Å². The molecule has 0 aliphatic heterocycles. The predicted molar refractivity (Wildman–Crippen MR) is 66.5 cm³/mol. The number of carbonyl (C=O) groups excluding carboxylic acids is 1. The van der Waals surface area contributed by atoms with E-state index >= 15 is 0 Å². The van der Waals surface area contributed by atoms with E-state index in [0.29, 0.717) is 25.8 Å². The number of aliphatic hydroxyl groups excluding tert-OH is 1. The first-order chi connectivity index (χ1) is 8.58. The molecule has 0 bridgehead atoms. The largest absolute Gasteiger partial charge is 0.472 e. The van der Waals surface area contributed by atoms with Gasteiger partial charge in [-0.2, -0.15) is 0 Å². The normalized spacial score (nSPS) is 28.1. The van der Waals surface area contributed by atoms with Crippen molar-refractivity contribution >= 4 is 5.91 Å². The molecule has 1 amide bonds. The van der Waals surface area contributed by atoms with E-state index in [-0.39, 0.29) is 17.9 Å². The molecule has 0 saturated heterocycles. The van der Waals surface area contributed by atoms with E-state index in [1.807, 2.05) is 6.07 Å². The van der Waals surface area contributed by atoms with Crippen molar-refractivity contribution in [2.45, 2.75) is 38.0 Å². The zero-order chi connectivity index (χ0) is 13.1. The van der Waals surface area contributed by atoms with Crippen LogP contribution in [0.1, 0.15) is 24.8 Å². The van der Waals surface area contributed by atoms with E-state index in [0.717, 1.165) is 5.56 Å². The first kappa shape index (κ1) is 13.1. The van der Waals surface area contributed by atoms with Gasteiger partial charge in [-0.15, -0.1) is 0 Å². The van der Waals surface area contributed by atoms with Crippen molar-refractivity contribution in [2.75, 3.05) is 7.05 Å². The molecular formula is C13H20N2O3. The fourth-order valence-electron chi connectivity index (χ4n) is 2.46. The topological polar surface area (TPSA) is 79.7 Å². The van der Waals surface area contributed by atoms with E-state index in [1.165, 1.54) is 0 Å². The van der Waals surface area contributed by atoms with Crippen LogP contribution in [-0.4, -0.2) is 35.1 Å². The van der Waals surface area contributed by atoms with Crippen LogP contribution in [-0.2, 0) is 11.3 Å². The molecular weight excluding hydrogens is 232 g/mol. The van der Waals surface area contributed by atoms with Crippen LogP contribution >= 0.6 is 0 Å². The average Bonchev–Trinajstić information content (AvgIpc) is 2.84. The Morgan fingerprint density at radius 2 is 2.39 bits per heavy atom. The maximum atomic E-state index is 12.2. The number of hydrogen-bond acceptors (Lipinski definition) is 4. The fraction of sp³-hybridized carbons (Fsp3) is 0.615. The summed E-state index contributed by atoms with van der Waals surface area (Å²) in [6.45, 7) is 0.545. The molecule has 1 aromatic rings. The van der Waals surface area contributed by atoms with E-state index in [2.05, 4.69) is 0 Å². The molecule has 1 fully saturated rings. The van der Waals surface area contributed by atoms with Gasteiger partial charge in [0.1, 0.15) is 0 Å². The zero-order valence-corrected chi connectivity index (χ0v) is 10.6. The van der Waals surface area contributed by atoms with Crippen LogP contribution in [0.5, 0.6) is 0 Å². The Balaban J connectivity index is 1.90. The molecule has 2 rings (SSSR count). The number of amides is 1. The van der Waals surface area contributed by atoms with Gasteiger partial charge < -0.3 is 20.2 Å². The van der Waals surface area contributed by atoms with Gasteiger partial charge >= 0.3 is 0 Å². The third kappa shape index (κ3) is 2.91. The number of hydrogen-bond donors (Lipinski definition) is 2. The van der Waals surface area contributed by atoms with Gasteiger partial charge in [-0.25, -0.2) is 0 Å². The highest BCUT2D eigenvalue weighted by Gasteiger charge is 2.32. The molecule has 3 atom stereocenters. The Morgan fingerprint density at radius 3 is 3.00 bits per heavy atom. The van der Waals surface area contributed by atoms with Crippen molar-refractivity contribution in [3.63, 3.8) is 0 Å². The van der Waals surface area contributed by atoms with Crippen molar-refractivity contribution in [1.82, 2.24) is 4.90 Å². The van der Waals surface area contributed by atoms with Crippen LogP contribution in [0.3, 0.4) is 0 Å². The number of rotatable bonds is 3. The Bertz CT molecular complexity index is 391. The molecule has 1 aliphatic rings. The molecule has 18 heavy (non-hydrogen) atoms. The van der Waals surface area contributed by atoms with Crippen molar-refractivity contribution in [3.05, 3.63) is 24.2 Å². The Hall–Kier alpha value is -1.33. The maximum Gasteiger partial charge on any atom is 0.225 e. The zero-order valence-electron chi connectivity index (χ0n) is 10.6. The maximum absolute atomic E-state index is 12.2. The first-order valence-corrected chi connectivity index (χ1v) is 6.27. The molecule has 0 spiro atoms. The highest BCUT2D eigenvalue weighted by Crippen LogP contribution is 2.25. The monoisotopic (exact) mass is 252 g/mol. The van der Waals surface area contributed by atoms with Gasteiger partial charge in [-0.3, -0.25) is 4.79 Å². The summed E-state index contributed by atoms with van der Waals surface area (Å²) in [7, 11) is 1.78. The van der Waals surface area contributed by atoms with Crippen LogP contribution in [0.15, 0.2) is 23.0 Å². The highest BCUT2D eigenvalue weighted by molar-refractivity contribution is 5.78. The lowest BCUT2D eigenvalue weighted by Crippen LogP contribution is -2.45. The van der Waals surface area contributed by atoms with E-state index in [1.54, 1.807) is 24.5 Å². The summed E-state index contributed by atoms with van der Waals surface area (Å²) in [4.78, 5) is 13.9. The standard InChI is InChI=1S/C13H20N2O3/c1-15(7-9-4-5-18-8-9)13(17)10-2-3-12(16)11(14)6-10/h4-5,8,10-12,16H,2-3,6-7,14H2,1H3/t10-,11+,12+/m0/s1. The highest BCUT2D eigenvalue weighted by atomic mass is 16.3. The smallest absolute Gasteiger partial charge is 0.225 e. The molecule has 1 aliphatic carbocycles. The van der Waals surface area contributed by atoms with Crippen LogP contribution in [0.4, 0.5) is 0 Å². The lowest BCUT2D eigenvalue weighted by Gasteiger charge is -2.32. The molecule has 100 valence electrons. The minimum Gasteiger partial charge on any atom is -0.472 e. The Morgan fingerprint density at radius 1 is 1.61 bits per heavy atom. The van der Waals surface area contributed by atoms with Crippen molar-refractivity contribution in [2.24, 2.45) is 11.7 Å². The molecule has 0 radical (unpaired) electrons. The summed E-state index contributed by atoms with van der Waals surface area (Å²) in [5.74, 6) is 0.0267. The molecule has 1 saturated carbocycles. The number of aliphatic hydroxyl groups is 1. The molecule has 1 heterocycles. The first-order valence-electron chi connectivity index (χ1n) is 6.27. The Labute approximate surface area is 107 Å². The summed E-state index contributed by atoms with van der Waals surface area (Å²) in [6, 6.07) is 1.56. The van der Waals surface area contributed by atoms with Gasteiger partial charge in [0.15, 0.2) is 0 Å². The van der Waals surface area contributed by atoms with Crippen molar-refractivity contribution in [1.29, 1.82) is 0 Å². The summed E-state index contributed by atoms with van der Waals surface area (Å²) < 4.78 is 4.98. The summed E-state index contributed by atoms with van der Waals surface area (Å²) in [5.41, 5.74) is 6.78. The fourth-order valence-corrected chi connectivity index (χ4v) is 2.46. The molecule has 1 aromatic heterocycles. The van der Waals surface area contributed by atoms with Crippen LogP contribution < -0.4 is 5.73 Å². The lowest BCUT2D eigenvalue weighted by atomic mass is 9.83. The van der Waals surface area contributed by atoms with Gasteiger partial charge in [0.2, 0.25) is 5.91 Å². The minimum absolute atomic E-state index is 0.0692. The van der Waals surface area contributed by atoms with Gasteiger partial charge in [-0.05, 0) is 25.3 Å². The number of carbonyl (C=O) groups is 1. The average molecular weight is 252 g/mol. The van der Waals surface area contributed by atoms with Crippen molar-refractivity contribution in [3.8, 4) is 0 Å². The van der Waals surface area contributed by atoms with Gasteiger partial charge in [0.05, 0.1) is 18.6 Å². The summed E-state index contributed by atoms with van der Waals surface area (Å²) in [6.07, 6.45) is 4.66. The molecule has 0 aromatic carbocycles. The Kier molecular flexibility index (Phi) is 4.04. The number of nitrogens with zero attached hydrogens (tertiary/aromatic N) is 1. The van der Waals surface area contributed by atoms with Crippen LogP contribution in [0, 0.1) is 5.92 Å². The quantitative estimate of drug-likeness (QED) is 0.831.